The number of rotatable bonds is 2. The molecule has 63 valence electrons. The summed E-state index contributed by atoms with van der Waals surface area (Å²) in [5, 5.41) is 20.5. The Morgan fingerprint density at radius 1 is 0.923 bits per heavy atom. The van der Waals surface area contributed by atoms with Gasteiger partial charge in [0.05, 0.1) is 9.85 Å². The first kappa shape index (κ1) is 12.0. The van der Waals surface area contributed by atoms with Crippen molar-refractivity contribution >= 4 is 40.9 Å². The summed E-state index contributed by atoms with van der Waals surface area (Å²) in [5.41, 5.74) is -0.968. The van der Waals surface area contributed by atoms with Gasteiger partial charge in [0.15, 0.2) is 0 Å². The number of hydrogen-bond acceptors (Lipinski definition) is 4. The molecule has 0 amide bonds. The maximum Gasteiger partial charge on any atom is 0.346 e. The zero-order valence-electron chi connectivity index (χ0n) is 6.84. The van der Waals surface area contributed by atoms with Crippen LogP contribution in [0.4, 0.5) is 11.4 Å². The minimum atomic E-state index is -0.780. The first-order valence-corrected chi connectivity index (χ1v) is 3.00. The fourth-order valence-electron chi connectivity index (χ4n) is 0.773. The number of benzene rings is 1. The van der Waals surface area contributed by atoms with Crippen LogP contribution in [0.3, 0.4) is 0 Å². The average Bonchev–Trinajstić information content (AvgIpc) is 2.04. The van der Waals surface area contributed by atoms with Gasteiger partial charge in [-0.3, -0.25) is 20.2 Å². The molecule has 0 saturated carbocycles. The Balaban J connectivity index is 0.00000144. The van der Waals surface area contributed by atoms with Crippen LogP contribution in [0.25, 0.3) is 0 Å². The van der Waals surface area contributed by atoms with Gasteiger partial charge in [-0.05, 0) is 0 Å². The molecule has 0 atom stereocenters. The van der Waals surface area contributed by atoms with Crippen molar-refractivity contribution in [2.24, 2.45) is 0 Å². The molecule has 7 heteroatoms. The Morgan fingerprint density at radius 3 is 1.46 bits per heavy atom. The molecule has 0 spiro atoms. The first-order chi connectivity index (χ1) is 5.63. The van der Waals surface area contributed by atoms with E-state index >= 15 is 0 Å². The summed E-state index contributed by atoms with van der Waals surface area (Å²) in [6, 6.07) is 4.95. The Morgan fingerprint density at radius 2 is 1.23 bits per heavy atom. The van der Waals surface area contributed by atoms with Crippen LogP contribution in [0.15, 0.2) is 24.3 Å². The zero-order valence-corrected chi connectivity index (χ0v) is 8.84. The molecule has 0 aliphatic rings. The van der Waals surface area contributed by atoms with Crippen LogP contribution in [-0.4, -0.2) is 39.4 Å². The van der Waals surface area contributed by atoms with Crippen molar-refractivity contribution in [1.29, 1.82) is 0 Å². The molecule has 1 aromatic rings. The van der Waals surface area contributed by atoms with E-state index in [4.69, 9.17) is 0 Å². The molecule has 13 heavy (non-hydrogen) atoms. The summed E-state index contributed by atoms with van der Waals surface area (Å²) >= 11 is 0. The molecule has 0 fully saturated rings. The fraction of sp³-hybridized carbons (Fsp3) is 0. The van der Waals surface area contributed by atoms with Crippen LogP contribution in [-0.2, 0) is 0 Å². The van der Waals surface area contributed by atoms with E-state index in [-0.39, 0.29) is 29.6 Å². The van der Waals surface area contributed by atoms with Crippen LogP contribution < -0.4 is 0 Å². The van der Waals surface area contributed by atoms with Crippen molar-refractivity contribution in [1.82, 2.24) is 0 Å². The Labute approximate surface area is 95.2 Å². The zero-order chi connectivity index (χ0) is 9.14. The number of hydrogen-bond donors (Lipinski definition) is 0. The molecule has 0 aliphatic heterocycles. The molecule has 1 rings (SSSR count). The third-order valence-corrected chi connectivity index (χ3v) is 1.28. The van der Waals surface area contributed by atoms with E-state index in [9.17, 15) is 20.2 Å². The van der Waals surface area contributed by atoms with Gasteiger partial charge in [0.25, 0.3) is 0 Å². The third-order valence-electron chi connectivity index (χ3n) is 1.28. The van der Waals surface area contributed by atoms with E-state index in [1.54, 1.807) is 0 Å². The van der Waals surface area contributed by atoms with Gasteiger partial charge in [0.1, 0.15) is 0 Å². The van der Waals surface area contributed by atoms with Crippen LogP contribution in [0.5, 0.6) is 0 Å². The molecule has 1 aromatic carbocycles. The molecule has 0 heterocycles. The SMILES string of the molecule is O=[N+]([O-])c1ccccc1[N+](=O)[O-].[Na]. The van der Waals surface area contributed by atoms with Crippen LogP contribution >= 0.6 is 0 Å². The second kappa shape index (κ2) is 4.90. The Bertz CT molecular complexity index is 308. The average molecular weight is 191 g/mol. The van der Waals surface area contributed by atoms with Gasteiger partial charge in [-0.2, -0.15) is 0 Å². The van der Waals surface area contributed by atoms with Crippen LogP contribution in [0.2, 0.25) is 0 Å². The summed E-state index contributed by atoms with van der Waals surface area (Å²) in [7, 11) is 0. The van der Waals surface area contributed by atoms with Crippen molar-refractivity contribution in [2.45, 2.75) is 0 Å². The van der Waals surface area contributed by atoms with Gasteiger partial charge in [-0.25, -0.2) is 0 Å². The van der Waals surface area contributed by atoms with E-state index in [0.717, 1.165) is 12.1 Å². The molecular formula is C6H4N2NaO4. The second-order valence-corrected chi connectivity index (χ2v) is 2.00. The molecule has 1 radical (unpaired) electrons. The minimum Gasteiger partial charge on any atom is -0.258 e. The maximum atomic E-state index is 10.2. The van der Waals surface area contributed by atoms with E-state index in [1.165, 1.54) is 12.1 Å². The number of para-hydroxylation sites is 2. The quantitative estimate of drug-likeness (QED) is 0.398. The van der Waals surface area contributed by atoms with Crippen molar-refractivity contribution in [3.8, 4) is 0 Å². The normalized spacial score (nSPS) is 8.62. The molecule has 0 bridgehead atoms. The van der Waals surface area contributed by atoms with Crippen LogP contribution in [0.1, 0.15) is 0 Å². The van der Waals surface area contributed by atoms with Crippen molar-refractivity contribution < 1.29 is 9.85 Å². The summed E-state index contributed by atoms with van der Waals surface area (Å²) in [6.45, 7) is 0. The van der Waals surface area contributed by atoms with E-state index in [1.807, 2.05) is 0 Å². The van der Waals surface area contributed by atoms with Gasteiger partial charge in [0, 0.05) is 41.7 Å². The van der Waals surface area contributed by atoms with Gasteiger partial charge >= 0.3 is 11.4 Å². The second-order valence-electron chi connectivity index (χ2n) is 2.00. The Kier molecular flexibility index (Phi) is 4.53. The molecule has 0 N–H and O–H groups in total. The molecule has 0 aromatic heterocycles. The van der Waals surface area contributed by atoms with Gasteiger partial charge in [-0.1, -0.05) is 12.1 Å². The first-order valence-electron chi connectivity index (χ1n) is 3.00. The van der Waals surface area contributed by atoms with Crippen LogP contribution in [0, 0.1) is 20.2 Å². The molecule has 0 aliphatic carbocycles. The minimum absolute atomic E-state index is 0. The number of nitro benzene ring substituents is 2. The van der Waals surface area contributed by atoms with E-state index in [0.29, 0.717) is 0 Å². The standard InChI is InChI=1S/C6H4N2O4.Na/c9-7(10)5-3-1-2-4-6(5)8(11)12;/h1-4H;. The largest absolute Gasteiger partial charge is 0.346 e. The van der Waals surface area contributed by atoms with Gasteiger partial charge < -0.3 is 0 Å². The number of nitro groups is 2. The summed E-state index contributed by atoms with van der Waals surface area (Å²) in [6.07, 6.45) is 0. The van der Waals surface area contributed by atoms with Crippen molar-refractivity contribution in [2.75, 3.05) is 0 Å². The van der Waals surface area contributed by atoms with E-state index in [2.05, 4.69) is 0 Å². The molecule has 0 unspecified atom stereocenters. The van der Waals surface area contributed by atoms with E-state index < -0.39 is 21.2 Å². The fourth-order valence-corrected chi connectivity index (χ4v) is 0.773. The smallest absolute Gasteiger partial charge is 0.258 e. The predicted octanol–water partition coefficient (Wildman–Crippen LogP) is 1.12. The summed E-state index contributed by atoms with van der Waals surface area (Å²) in [4.78, 5) is 18.9. The number of nitrogens with zero attached hydrogens (tertiary/aromatic N) is 2. The topological polar surface area (TPSA) is 86.3 Å². The molecule has 0 saturated heterocycles. The maximum absolute atomic E-state index is 10.2. The monoisotopic (exact) mass is 191 g/mol. The Hall–Kier alpha value is -0.980. The summed E-state index contributed by atoms with van der Waals surface area (Å²) in [5.74, 6) is 0. The van der Waals surface area contributed by atoms with Crippen molar-refractivity contribution in [3.63, 3.8) is 0 Å². The summed E-state index contributed by atoms with van der Waals surface area (Å²) < 4.78 is 0. The van der Waals surface area contributed by atoms with Gasteiger partial charge in [0.2, 0.25) is 0 Å². The predicted molar refractivity (Wildman–Crippen MR) is 45.5 cm³/mol. The van der Waals surface area contributed by atoms with Crippen molar-refractivity contribution in [3.05, 3.63) is 44.5 Å². The molecule has 6 nitrogen and oxygen atoms in total. The third kappa shape index (κ3) is 2.76. The van der Waals surface area contributed by atoms with Gasteiger partial charge in [-0.15, -0.1) is 0 Å². The molecular weight excluding hydrogens is 187 g/mol.